The highest BCUT2D eigenvalue weighted by atomic mass is 16.1. The zero-order valence-corrected chi connectivity index (χ0v) is 6.72. The summed E-state index contributed by atoms with van der Waals surface area (Å²) in [6.07, 6.45) is 0.689. The van der Waals surface area contributed by atoms with Gasteiger partial charge in [0.05, 0.1) is 0 Å². The van der Waals surface area contributed by atoms with Gasteiger partial charge in [-0.3, -0.25) is 4.79 Å². The molecule has 1 amide bonds. The van der Waals surface area contributed by atoms with Crippen LogP contribution in [0.2, 0.25) is 0 Å². The highest BCUT2D eigenvalue weighted by Crippen LogP contribution is 2.12. The van der Waals surface area contributed by atoms with Gasteiger partial charge < -0.3 is 5.32 Å². The Hall–Kier alpha value is -1.31. The van der Waals surface area contributed by atoms with E-state index in [1.165, 1.54) is 0 Å². The first-order valence-electron chi connectivity index (χ1n) is 3.51. The van der Waals surface area contributed by atoms with Gasteiger partial charge in [0.15, 0.2) is 0 Å². The predicted molar refractivity (Wildman–Crippen MR) is 45.6 cm³/mol. The van der Waals surface area contributed by atoms with E-state index in [9.17, 15) is 4.79 Å². The van der Waals surface area contributed by atoms with E-state index in [0.717, 1.165) is 16.8 Å². The molecular weight excluding hydrogens is 138 g/mol. The maximum Gasteiger partial charge on any atom is 0.211 e. The molecule has 0 heterocycles. The summed E-state index contributed by atoms with van der Waals surface area (Å²) in [5, 5.41) is 2.61. The first kappa shape index (κ1) is 7.79. The van der Waals surface area contributed by atoms with Crippen LogP contribution in [0.3, 0.4) is 0 Å². The van der Waals surface area contributed by atoms with Gasteiger partial charge in [0.25, 0.3) is 0 Å². The number of hydrogen-bond acceptors (Lipinski definition) is 1. The molecule has 0 spiro atoms. The average molecular weight is 149 g/mol. The van der Waals surface area contributed by atoms with Gasteiger partial charge >= 0.3 is 0 Å². The van der Waals surface area contributed by atoms with Crippen LogP contribution in [0, 0.1) is 13.8 Å². The molecule has 0 saturated heterocycles. The maximum absolute atomic E-state index is 10.1. The minimum Gasteiger partial charge on any atom is -0.329 e. The minimum absolute atomic E-state index is 0.689. The van der Waals surface area contributed by atoms with Crippen molar-refractivity contribution in [2.45, 2.75) is 13.8 Å². The van der Waals surface area contributed by atoms with Gasteiger partial charge in [-0.05, 0) is 37.1 Å². The summed E-state index contributed by atoms with van der Waals surface area (Å²) in [7, 11) is 0. The Bertz CT molecular complexity index is 248. The summed E-state index contributed by atoms with van der Waals surface area (Å²) in [6.45, 7) is 4.01. The van der Waals surface area contributed by atoms with Gasteiger partial charge in [0.1, 0.15) is 0 Å². The fourth-order valence-electron chi connectivity index (χ4n) is 1.13. The summed E-state index contributed by atoms with van der Waals surface area (Å²) in [4.78, 5) is 10.1. The molecule has 1 rings (SSSR count). The van der Waals surface area contributed by atoms with Gasteiger partial charge in [-0.1, -0.05) is 6.07 Å². The number of benzene rings is 1. The summed E-state index contributed by atoms with van der Waals surface area (Å²) in [5.41, 5.74) is 3.18. The third-order valence-electron chi connectivity index (χ3n) is 1.45. The zero-order valence-electron chi connectivity index (χ0n) is 6.72. The standard InChI is InChI=1S/C9H11NO/c1-7-3-8(2)5-9(4-7)10-6-11/h3-6H,1-2H3,(H,10,11). The molecule has 1 N–H and O–H groups in total. The van der Waals surface area contributed by atoms with Crippen molar-refractivity contribution in [3.05, 3.63) is 29.3 Å². The van der Waals surface area contributed by atoms with E-state index in [-0.39, 0.29) is 0 Å². The van der Waals surface area contributed by atoms with Crippen LogP contribution in [0.4, 0.5) is 5.69 Å². The zero-order chi connectivity index (χ0) is 8.27. The molecule has 1 aromatic carbocycles. The van der Waals surface area contributed by atoms with E-state index in [2.05, 4.69) is 11.4 Å². The lowest BCUT2D eigenvalue weighted by molar-refractivity contribution is -0.105. The SMILES string of the molecule is Cc1cc(C)cc(NC=O)c1. The first-order chi connectivity index (χ1) is 5.22. The van der Waals surface area contributed by atoms with Crippen LogP contribution >= 0.6 is 0 Å². The van der Waals surface area contributed by atoms with Crippen molar-refractivity contribution in [2.75, 3.05) is 5.32 Å². The highest BCUT2D eigenvalue weighted by molar-refractivity contribution is 5.71. The number of anilines is 1. The molecular formula is C9H11NO. The monoisotopic (exact) mass is 149 g/mol. The van der Waals surface area contributed by atoms with Gasteiger partial charge in [-0.25, -0.2) is 0 Å². The number of aryl methyl sites for hydroxylation is 2. The second kappa shape index (κ2) is 3.19. The van der Waals surface area contributed by atoms with Gasteiger partial charge in [-0.2, -0.15) is 0 Å². The number of carbonyl (C=O) groups excluding carboxylic acids is 1. The van der Waals surface area contributed by atoms with Crippen LogP contribution in [0.15, 0.2) is 18.2 Å². The van der Waals surface area contributed by atoms with E-state index < -0.39 is 0 Å². The molecule has 0 bridgehead atoms. The average Bonchev–Trinajstić information content (AvgIpc) is 1.85. The third kappa shape index (κ3) is 2.08. The molecule has 58 valence electrons. The van der Waals surface area contributed by atoms with Crippen molar-refractivity contribution in [1.82, 2.24) is 0 Å². The summed E-state index contributed by atoms with van der Waals surface area (Å²) in [6, 6.07) is 5.93. The smallest absolute Gasteiger partial charge is 0.211 e. The Kier molecular flexibility index (Phi) is 2.26. The lowest BCUT2D eigenvalue weighted by Gasteiger charge is -2.01. The van der Waals surface area contributed by atoms with Crippen molar-refractivity contribution in [2.24, 2.45) is 0 Å². The number of carbonyl (C=O) groups is 1. The number of rotatable bonds is 2. The van der Waals surface area contributed by atoms with Crippen molar-refractivity contribution in [3.8, 4) is 0 Å². The van der Waals surface area contributed by atoms with E-state index >= 15 is 0 Å². The third-order valence-corrected chi connectivity index (χ3v) is 1.45. The molecule has 0 aliphatic heterocycles. The first-order valence-corrected chi connectivity index (χ1v) is 3.51. The largest absolute Gasteiger partial charge is 0.329 e. The highest BCUT2D eigenvalue weighted by Gasteiger charge is 1.92. The number of hydrogen-bond donors (Lipinski definition) is 1. The summed E-state index contributed by atoms with van der Waals surface area (Å²) in [5.74, 6) is 0. The van der Waals surface area contributed by atoms with E-state index in [1.54, 1.807) is 0 Å². The minimum atomic E-state index is 0.689. The van der Waals surface area contributed by atoms with E-state index in [0.29, 0.717) is 6.41 Å². The molecule has 2 heteroatoms. The van der Waals surface area contributed by atoms with Crippen molar-refractivity contribution in [1.29, 1.82) is 0 Å². The molecule has 0 saturated carbocycles. The number of amides is 1. The van der Waals surface area contributed by atoms with Crippen molar-refractivity contribution >= 4 is 12.1 Å². The van der Waals surface area contributed by atoms with Gasteiger partial charge in [0, 0.05) is 5.69 Å². The predicted octanol–water partition coefficient (Wildman–Crippen LogP) is 1.87. The summed E-state index contributed by atoms with van der Waals surface area (Å²) < 4.78 is 0. The topological polar surface area (TPSA) is 29.1 Å². The van der Waals surface area contributed by atoms with Crippen LogP contribution in [0.1, 0.15) is 11.1 Å². The molecule has 2 nitrogen and oxygen atoms in total. The maximum atomic E-state index is 10.1. The Morgan fingerprint density at radius 3 is 2.18 bits per heavy atom. The molecule has 0 unspecified atom stereocenters. The Morgan fingerprint density at radius 1 is 1.18 bits per heavy atom. The molecule has 0 radical (unpaired) electrons. The van der Waals surface area contributed by atoms with Gasteiger partial charge in [-0.15, -0.1) is 0 Å². The Morgan fingerprint density at radius 2 is 1.73 bits per heavy atom. The van der Waals surface area contributed by atoms with E-state index in [4.69, 9.17) is 0 Å². The molecule has 1 aromatic rings. The lowest BCUT2D eigenvalue weighted by Crippen LogP contribution is -1.94. The number of nitrogens with one attached hydrogen (secondary N) is 1. The Labute approximate surface area is 66.2 Å². The van der Waals surface area contributed by atoms with Crippen LogP contribution in [0.5, 0.6) is 0 Å². The quantitative estimate of drug-likeness (QED) is 0.639. The summed E-state index contributed by atoms with van der Waals surface area (Å²) >= 11 is 0. The molecule has 0 aliphatic carbocycles. The van der Waals surface area contributed by atoms with Crippen LogP contribution in [0.25, 0.3) is 0 Å². The van der Waals surface area contributed by atoms with Crippen LogP contribution in [-0.2, 0) is 4.79 Å². The van der Waals surface area contributed by atoms with Crippen LogP contribution in [-0.4, -0.2) is 6.41 Å². The molecule has 0 aliphatic rings. The van der Waals surface area contributed by atoms with Crippen molar-refractivity contribution < 1.29 is 4.79 Å². The molecule has 11 heavy (non-hydrogen) atoms. The van der Waals surface area contributed by atoms with Gasteiger partial charge in [0.2, 0.25) is 6.41 Å². The fraction of sp³-hybridized carbons (Fsp3) is 0.222. The van der Waals surface area contributed by atoms with Crippen molar-refractivity contribution in [3.63, 3.8) is 0 Å². The van der Waals surface area contributed by atoms with Crippen LogP contribution < -0.4 is 5.32 Å². The normalized spacial score (nSPS) is 9.27. The second-order valence-electron chi connectivity index (χ2n) is 2.64. The van der Waals surface area contributed by atoms with E-state index in [1.807, 2.05) is 26.0 Å². The Balaban J connectivity index is 2.98. The molecule has 0 aromatic heterocycles. The second-order valence-corrected chi connectivity index (χ2v) is 2.64. The lowest BCUT2D eigenvalue weighted by atomic mass is 10.1. The fourth-order valence-corrected chi connectivity index (χ4v) is 1.13. The molecule has 0 atom stereocenters. The molecule has 0 fully saturated rings.